The lowest BCUT2D eigenvalue weighted by Gasteiger charge is -2.33. The number of hydrogen-bond acceptors (Lipinski definition) is 3. The third kappa shape index (κ3) is 4.61. The predicted molar refractivity (Wildman–Crippen MR) is 138 cm³/mol. The highest BCUT2D eigenvalue weighted by molar-refractivity contribution is 7.97. The average Bonchev–Trinajstić information content (AvgIpc) is 2.89. The molecule has 0 N–H and O–H groups in total. The molecule has 3 aromatic carbocycles. The second-order valence-electron chi connectivity index (χ2n) is 8.45. The SMILES string of the molecule is CCOC(=O)C(C(=O)C1CCCCC1)=P(c1ccccc1)(c1ccccc1)c1ccccc1. The maximum atomic E-state index is 14.3. The average molecular weight is 459 g/mol. The van der Waals surface area contributed by atoms with Gasteiger partial charge in [-0.2, -0.15) is 0 Å². The van der Waals surface area contributed by atoms with E-state index in [-0.39, 0.29) is 18.3 Å². The molecule has 1 aliphatic rings. The summed E-state index contributed by atoms with van der Waals surface area (Å²) in [5.74, 6) is -0.635. The molecule has 0 heterocycles. The minimum Gasteiger partial charge on any atom is -0.462 e. The van der Waals surface area contributed by atoms with E-state index >= 15 is 0 Å². The fourth-order valence-electron chi connectivity index (χ4n) is 4.95. The predicted octanol–water partition coefficient (Wildman–Crippen LogP) is 4.87. The second kappa shape index (κ2) is 10.8. The highest BCUT2D eigenvalue weighted by atomic mass is 31.2. The number of hydrogen-bond donors (Lipinski definition) is 0. The first kappa shape index (κ1) is 23.3. The molecule has 0 unspecified atom stereocenters. The van der Waals surface area contributed by atoms with Crippen molar-refractivity contribution in [3.8, 4) is 0 Å². The zero-order chi connectivity index (χ0) is 23.1. The fraction of sp³-hybridized carbons (Fsp3) is 0.276. The van der Waals surface area contributed by atoms with Gasteiger partial charge in [0.25, 0.3) is 0 Å². The molecule has 1 saturated carbocycles. The maximum absolute atomic E-state index is 14.3. The van der Waals surface area contributed by atoms with E-state index in [0.717, 1.165) is 48.0 Å². The van der Waals surface area contributed by atoms with Crippen LogP contribution in [0.1, 0.15) is 39.0 Å². The van der Waals surface area contributed by atoms with Gasteiger partial charge in [-0.25, -0.2) is 4.79 Å². The number of rotatable bonds is 7. The quantitative estimate of drug-likeness (QED) is 0.288. The van der Waals surface area contributed by atoms with Crippen molar-refractivity contribution in [1.82, 2.24) is 0 Å². The number of ether oxygens (including phenoxy) is 1. The molecule has 33 heavy (non-hydrogen) atoms. The van der Waals surface area contributed by atoms with Crippen LogP contribution in [0.25, 0.3) is 0 Å². The summed E-state index contributed by atoms with van der Waals surface area (Å²) < 4.78 is 5.62. The van der Waals surface area contributed by atoms with Crippen LogP contribution in [0, 0.1) is 5.92 Å². The van der Waals surface area contributed by atoms with E-state index in [1.165, 1.54) is 0 Å². The zero-order valence-electron chi connectivity index (χ0n) is 19.2. The number of esters is 1. The largest absolute Gasteiger partial charge is 0.462 e. The normalized spacial score (nSPS) is 14.5. The van der Waals surface area contributed by atoms with Crippen molar-refractivity contribution >= 4 is 39.8 Å². The van der Waals surface area contributed by atoms with Gasteiger partial charge in [-0.05, 0) is 42.6 Å². The smallest absolute Gasteiger partial charge is 0.342 e. The molecule has 3 aromatic rings. The number of Topliss-reactive ketones (excluding diaryl/α,β-unsaturated/α-hetero) is 1. The lowest BCUT2D eigenvalue weighted by Crippen LogP contribution is -2.41. The van der Waals surface area contributed by atoms with Crippen molar-refractivity contribution < 1.29 is 14.3 Å². The molecule has 3 nitrogen and oxygen atoms in total. The third-order valence-corrected chi connectivity index (χ3v) is 10.7. The van der Waals surface area contributed by atoms with E-state index in [1.54, 1.807) is 6.92 Å². The van der Waals surface area contributed by atoms with Gasteiger partial charge in [-0.15, -0.1) is 0 Å². The van der Waals surface area contributed by atoms with Gasteiger partial charge in [0, 0.05) is 5.92 Å². The molecule has 0 spiro atoms. The lowest BCUT2D eigenvalue weighted by atomic mass is 9.85. The summed E-state index contributed by atoms with van der Waals surface area (Å²) in [4.78, 5) is 28.0. The van der Waals surface area contributed by atoms with Gasteiger partial charge in [0.1, 0.15) is 5.29 Å². The van der Waals surface area contributed by atoms with Gasteiger partial charge in [-0.3, -0.25) is 4.79 Å². The first-order valence-corrected chi connectivity index (χ1v) is 13.6. The molecule has 1 fully saturated rings. The van der Waals surface area contributed by atoms with Crippen LogP contribution in [0.4, 0.5) is 0 Å². The third-order valence-electron chi connectivity index (χ3n) is 6.44. The van der Waals surface area contributed by atoms with E-state index in [0.29, 0.717) is 5.29 Å². The van der Waals surface area contributed by atoms with E-state index in [4.69, 9.17) is 4.74 Å². The molecule has 0 aliphatic heterocycles. The Labute approximate surface area is 196 Å². The molecule has 0 radical (unpaired) electrons. The molecular weight excluding hydrogens is 427 g/mol. The summed E-state index contributed by atoms with van der Waals surface area (Å²) >= 11 is 0. The standard InChI is InChI=1S/C29H31O3P/c1-2-32-29(31)28(27(30)23-15-7-3-8-16-23)33(24-17-9-4-10-18-24,25-19-11-5-12-20-25)26-21-13-6-14-22-26/h4-6,9-14,17-23H,2-3,7-8,15-16H2,1H3. The molecular formula is C29H31O3P. The van der Waals surface area contributed by atoms with Gasteiger partial charge < -0.3 is 4.74 Å². The number of benzene rings is 3. The van der Waals surface area contributed by atoms with Crippen LogP contribution in [0.3, 0.4) is 0 Å². The summed E-state index contributed by atoms with van der Waals surface area (Å²) in [5, 5.41) is 3.32. The van der Waals surface area contributed by atoms with Crippen LogP contribution in [-0.2, 0) is 14.3 Å². The van der Waals surface area contributed by atoms with Gasteiger partial charge in [-0.1, -0.05) is 110 Å². The molecule has 4 rings (SSSR count). The van der Waals surface area contributed by atoms with E-state index in [1.807, 2.05) is 54.6 Å². The van der Waals surface area contributed by atoms with E-state index in [9.17, 15) is 9.59 Å². The fourth-order valence-corrected chi connectivity index (χ4v) is 9.33. The second-order valence-corrected chi connectivity index (χ2v) is 11.8. The summed E-state index contributed by atoms with van der Waals surface area (Å²) in [6.45, 7) is -0.745. The Kier molecular flexibility index (Phi) is 7.62. The number of carbonyl (C=O) groups excluding carboxylic acids is 2. The highest BCUT2D eigenvalue weighted by Crippen LogP contribution is 2.47. The Morgan fingerprint density at radius 2 is 1.15 bits per heavy atom. The summed E-state index contributed by atoms with van der Waals surface area (Å²) in [7, 11) is 0. The van der Waals surface area contributed by atoms with Crippen molar-refractivity contribution in [1.29, 1.82) is 0 Å². The minimum atomic E-state index is -2.78. The van der Waals surface area contributed by atoms with Crippen LogP contribution < -0.4 is 15.9 Å². The maximum Gasteiger partial charge on any atom is 0.342 e. The first-order valence-electron chi connectivity index (χ1n) is 11.8. The molecule has 0 atom stereocenters. The van der Waals surface area contributed by atoms with Gasteiger partial charge >= 0.3 is 5.97 Å². The van der Waals surface area contributed by atoms with Crippen molar-refractivity contribution in [3.05, 3.63) is 91.0 Å². The molecule has 0 saturated heterocycles. The number of carbonyl (C=O) groups is 2. The van der Waals surface area contributed by atoms with Gasteiger partial charge in [0.15, 0.2) is 5.78 Å². The molecule has 0 bridgehead atoms. The van der Waals surface area contributed by atoms with Crippen LogP contribution in [0.5, 0.6) is 0 Å². The lowest BCUT2D eigenvalue weighted by molar-refractivity contribution is -0.135. The summed E-state index contributed by atoms with van der Waals surface area (Å²) in [6, 6.07) is 30.2. The molecule has 1 aliphatic carbocycles. The van der Waals surface area contributed by atoms with Crippen molar-refractivity contribution in [3.63, 3.8) is 0 Å². The molecule has 0 aromatic heterocycles. The van der Waals surface area contributed by atoms with E-state index < -0.39 is 12.9 Å². The summed E-state index contributed by atoms with van der Waals surface area (Å²) in [6.07, 6.45) is 4.87. The zero-order valence-corrected chi connectivity index (χ0v) is 20.0. The Bertz CT molecular complexity index is 1030. The Morgan fingerprint density at radius 3 is 1.55 bits per heavy atom. The van der Waals surface area contributed by atoms with Crippen molar-refractivity contribution in [2.75, 3.05) is 6.61 Å². The molecule has 170 valence electrons. The Hall–Kier alpha value is -2.90. The van der Waals surface area contributed by atoms with Gasteiger partial charge in [0.2, 0.25) is 0 Å². The van der Waals surface area contributed by atoms with E-state index in [2.05, 4.69) is 36.4 Å². The van der Waals surface area contributed by atoms with Crippen molar-refractivity contribution in [2.24, 2.45) is 5.92 Å². The van der Waals surface area contributed by atoms with Crippen LogP contribution in [0.2, 0.25) is 0 Å². The van der Waals surface area contributed by atoms with Crippen LogP contribution >= 0.6 is 6.89 Å². The topological polar surface area (TPSA) is 43.4 Å². The first-order chi connectivity index (χ1) is 16.2. The summed E-state index contributed by atoms with van der Waals surface area (Å²) in [5.41, 5.74) is 0. The monoisotopic (exact) mass is 458 g/mol. The van der Waals surface area contributed by atoms with Crippen LogP contribution in [0.15, 0.2) is 91.0 Å². The molecule has 0 amide bonds. The Morgan fingerprint density at radius 1 is 0.727 bits per heavy atom. The Balaban J connectivity index is 2.17. The highest BCUT2D eigenvalue weighted by Gasteiger charge is 2.40. The molecule has 4 heteroatoms. The van der Waals surface area contributed by atoms with Crippen molar-refractivity contribution in [2.45, 2.75) is 39.0 Å². The van der Waals surface area contributed by atoms with Gasteiger partial charge in [0.05, 0.1) is 6.61 Å². The number of ketones is 1. The minimum absolute atomic E-state index is 0.0296. The van der Waals surface area contributed by atoms with Crippen LogP contribution in [-0.4, -0.2) is 23.7 Å².